The molecule has 2 saturated heterocycles. The number of likely N-dealkylation sites (tertiary alicyclic amines) is 1. The van der Waals surface area contributed by atoms with Crippen LogP contribution in [0.1, 0.15) is 38.7 Å². The molecule has 0 bridgehead atoms. The van der Waals surface area contributed by atoms with Gasteiger partial charge in [0.1, 0.15) is 11.6 Å². The predicted molar refractivity (Wildman–Crippen MR) is 112 cm³/mol. The average molecular weight is 421 g/mol. The van der Waals surface area contributed by atoms with Crippen molar-refractivity contribution >= 4 is 35.0 Å². The Kier molecular flexibility index (Phi) is 7.27. The molecule has 0 aromatic heterocycles. The van der Waals surface area contributed by atoms with Crippen molar-refractivity contribution in [1.29, 1.82) is 0 Å². The molecule has 3 aliphatic rings. The van der Waals surface area contributed by atoms with Gasteiger partial charge in [0.05, 0.1) is 4.91 Å². The number of carbonyl (C=O) groups is 2. The van der Waals surface area contributed by atoms with Gasteiger partial charge in [-0.25, -0.2) is 14.6 Å². The predicted octanol–water partition coefficient (Wildman–Crippen LogP) is 3.63. The van der Waals surface area contributed by atoms with Crippen molar-refractivity contribution in [3.8, 4) is 5.75 Å². The molecule has 2 fully saturated rings. The highest BCUT2D eigenvalue weighted by molar-refractivity contribution is 8.18. The first-order chi connectivity index (χ1) is 14.1. The summed E-state index contributed by atoms with van der Waals surface area (Å²) in [5.74, 6) is -0.771. The maximum absolute atomic E-state index is 13.7. The Hall–Kier alpha value is -2.39. The summed E-state index contributed by atoms with van der Waals surface area (Å²) in [5, 5.41) is 2.48. The number of hydrogen-bond donors (Lipinski definition) is 1. The standard InChI is InChI=1S/C18H19FN4O3S.C2H6/c19-13-5-4-12(14(11-13)26-18(25)22-7-3-8-22)10-15-16(24)21-17(27-15)23-9-2-1-6-20-23;1-2/h4-5,10-11,20H,1-3,6-9H2;1-2H3/b15-10+;. The maximum atomic E-state index is 13.7. The van der Waals surface area contributed by atoms with Gasteiger partial charge >= 0.3 is 6.09 Å². The molecule has 2 amide bonds. The monoisotopic (exact) mass is 420 g/mol. The molecular formula is C20H25FN4O3S. The molecule has 156 valence electrons. The first kappa shape index (κ1) is 21.3. The minimum absolute atomic E-state index is 0.0948. The van der Waals surface area contributed by atoms with Gasteiger partial charge in [0.15, 0.2) is 5.17 Å². The molecule has 1 aromatic rings. The van der Waals surface area contributed by atoms with Crippen LogP contribution in [0.25, 0.3) is 6.08 Å². The van der Waals surface area contributed by atoms with Crippen molar-refractivity contribution in [1.82, 2.24) is 15.3 Å². The van der Waals surface area contributed by atoms with Gasteiger partial charge in [0, 0.05) is 37.8 Å². The lowest BCUT2D eigenvalue weighted by molar-refractivity contribution is -0.113. The van der Waals surface area contributed by atoms with Gasteiger partial charge in [-0.1, -0.05) is 13.8 Å². The second kappa shape index (κ2) is 9.89. The highest BCUT2D eigenvalue weighted by Crippen LogP contribution is 2.33. The number of hydrogen-bond acceptors (Lipinski definition) is 6. The number of nitrogens with one attached hydrogen (secondary N) is 1. The molecule has 4 rings (SSSR count). The van der Waals surface area contributed by atoms with E-state index in [1.54, 1.807) is 11.0 Å². The Labute approximate surface area is 173 Å². The molecule has 3 aliphatic heterocycles. The van der Waals surface area contributed by atoms with Crippen LogP contribution in [0.15, 0.2) is 28.1 Å². The fraction of sp³-hybridized carbons (Fsp3) is 0.450. The maximum Gasteiger partial charge on any atom is 0.415 e. The highest BCUT2D eigenvalue weighted by atomic mass is 32.2. The lowest BCUT2D eigenvalue weighted by Gasteiger charge is -2.29. The number of rotatable bonds is 2. The van der Waals surface area contributed by atoms with Crippen molar-refractivity contribution in [2.24, 2.45) is 4.99 Å². The van der Waals surface area contributed by atoms with E-state index in [1.165, 1.54) is 23.9 Å². The fourth-order valence-electron chi connectivity index (χ4n) is 2.88. The van der Waals surface area contributed by atoms with Gasteiger partial charge in [0.25, 0.3) is 5.91 Å². The number of aliphatic imine (C=N–C) groups is 1. The summed E-state index contributed by atoms with van der Waals surface area (Å²) in [6, 6.07) is 3.92. The summed E-state index contributed by atoms with van der Waals surface area (Å²) >= 11 is 1.25. The van der Waals surface area contributed by atoms with E-state index in [2.05, 4.69) is 10.4 Å². The van der Waals surface area contributed by atoms with Crippen LogP contribution in [-0.4, -0.2) is 53.3 Å². The normalized spacial score (nSPS) is 20.0. The van der Waals surface area contributed by atoms with Gasteiger partial charge in [-0.2, -0.15) is 4.99 Å². The zero-order chi connectivity index (χ0) is 20.8. The minimum atomic E-state index is -0.511. The van der Waals surface area contributed by atoms with E-state index in [1.807, 2.05) is 18.9 Å². The molecule has 1 aromatic carbocycles. The van der Waals surface area contributed by atoms with Crippen LogP contribution in [0.2, 0.25) is 0 Å². The molecule has 0 unspecified atom stereocenters. The molecule has 7 nitrogen and oxygen atoms in total. The largest absolute Gasteiger partial charge is 0.415 e. The van der Waals surface area contributed by atoms with E-state index in [-0.39, 0.29) is 11.7 Å². The number of nitrogens with zero attached hydrogens (tertiary/aromatic N) is 3. The summed E-state index contributed by atoms with van der Waals surface area (Å²) in [6.45, 7) is 6.92. The van der Waals surface area contributed by atoms with E-state index in [4.69, 9.17) is 4.74 Å². The molecule has 3 heterocycles. The number of amidine groups is 1. The Balaban J connectivity index is 0.00000117. The molecule has 1 N–H and O–H groups in total. The smallest absolute Gasteiger partial charge is 0.409 e. The number of hydrazine groups is 1. The Morgan fingerprint density at radius 3 is 2.69 bits per heavy atom. The first-order valence-corrected chi connectivity index (χ1v) is 10.7. The molecule has 29 heavy (non-hydrogen) atoms. The Morgan fingerprint density at radius 1 is 1.24 bits per heavy atom. The molecule has 0 radical (unpaired) electrons. The molecule has 0 spiro atoms. The van der Waals surface area contributed by atoms with Crippen molar-refractivity contribution in [2.45, 2.75) is 33.1 Å². The molecule has 9 heteroatoms. The van der Waals surface area contributed by atoms with Crippen LogP contribution >= 0.6 is 11.8 Å². The molecule has 0 saturated carbocycles. The summed E-state index contributed by atoms with van der Waals surface area (Å²) in [4.78, 5) is 30.4. The van der Waals surface area contributed by atoms with Gasteiger partial charge in [0.2, 0.25) is 0 Å². The Bertz CT molecular complexity index is 833. The molecular weight excluding hydrogens is 395 g/mol. The summed E-state index contributed by atoms with van der Waals surface area (Å²) < 4.78 is 19.0. The van der Waals surface area contributed by atoms with Crippen LogP contribution in [0.5, 0.6) is 5.75 Å². The van der Waals surface area contributed by atoms with Crippen LogP contribution in [-0.2, 0) is 4.79 Å². The topological polar surface area (TPSA) is 74.2 Å². The zero-order valence-corrected chi connectivity index (χ0v) is 17.4. The van der Waals surface area contributed by atoms with Gasteiger partial charge in [-0.3, -0.25) is 9.80 Å². The number of thioether (sulfide) groups is 1. The second-order valence-electron chi connectivity index (χ2n) is 6.47. The number of halogens is 1. The van der Waals surface area contributed by atoms with E-state index in [0.717, 1.165) is 38.4 Å². The SMILES string of the molecule is CC.O=C1N=C(N2CCCCN2)S/C1=C/c1ccc(F)cc1OC(=O)N1CCC1. The quantitative estimate of drug-likeness (QED) is 0.737. The number of ether oxygens (including phenoxy) is 1. The summed E-state index contributed by atoms with van der Waals surface area (Å²) in [6.07, 6.45) is 4.14. The zero-order valence-electron chi connectivity index (χ0n) is 16.6. The van der Waals surface area contributed by atoms with Crippen molar-refractivity contribution in [2.75, 3.05) is 26.2 Å². The third-order valence-corrected chi connectivity index (χ3v) is 5.53. The second-order valence-corrected chi connectivity index (χ2v) is 7.48. The Morgan fingerprint density at radius 2 is 2.03 bits per heavy atom. The van der Waals surface area contributed by atoms with Crippen LogP contribution in [0, 0.1) is 5.82 Å². The van der Waals surface area contributed by atoms with Crippen LogP contribution in [0.3, 0.4) is 0 Å². The van der Waals surface area contributed by atoms with E-state index in [9.17, 15) is 14.0 Å². The lowest BCUT2D eigenvalue weighted by Crippen LogP contribution is -2.45. The van der Waals surface area contributed by atoms with Gasteiger partial charge in [-0.05, 0) is 49.2 Å². The number of benzene rings is 1. The lowest BCUT2D eigenvalue weighted by atomic mass is 10.1. The van der Waals surface area contributed by atoms with Crippen LogP contribution < -0.4 is 10.2 Å². The van der Waals surface area contributed by atoms with Crippen LogP contribution in [0.4, 0.5) is 9.18 Å². The van der Waals surface area contributed by atoms with Crippen molar-refractivity contribution in [3.05, 3.63) is 34.5 Å². The average Bonchev–Trinajstić information content (AvgIpc) is 3.05. The van der Waals surface area contributed by atoms with E-state index < -0.39 is 11.9 Å². The molecule has 0 aliphatic carbocycles. The number of amides is 2. The number of carbonyl (C=O) groups excluding carboxylic acids is 2. The minimum Gasteiger partial charge on any atom is -0.409 e. The molecule has 0 atom stereocenters. The van der Waals surface area contributed by atoms with Crippen molar-refractivity contribution in [3.63, 3.8) is 0 Å². The third kappa shape index (κ3) is 5.16. The van der Waals surface area contributed by atoms with E-state index in [0.29, 0.717) is 28.7 Å². The highest BCUT2D eigenvalue weighted by Gasteiger charge is 2.28. The third-order valence-electron chi connectivity index (χ3n) is 4.53. The van der Waals surface area contributed by atoms with Crippen molar-refractivity contribution < 1.29 is 18.7 Å². The fourth-order valence-corrected chi connectivity index (χ4v) is 3.79. The van der Waals surface area contributed by atoms with Gasteiger partial charge in [-0.15, -0.1) is 0 Å². The first-order valence-electron chi connectivity index (χ1n) is 9.90. The summed E-state index contributed by atoms with van der Waals surface area (Å²) in [7, 11) is 0. The van der Waals surface area contributed by atoms with E-state index >= 15 is 0 Å². The van der Waals surface area contributed by atoms with Gasteiger partial charge < -0.3 is 9.64 Å². The summed E-state index contributed by atoms with van der Waals surface area (Å²) in [5.41, 5.74) is 3.68.